The van der Waals surface area contributed by atoms with Crippen molar-refractivity contribution in [1.29, 1.82) is 0 Å². The number of benzene rings is 2. The van der Waals surface area contributed by atoms with Crippen molar-refractivity contribution in [2.24, 2.45) is 0 Å². The van der Waals surface area contributed by atoms with Gasteiger partial charge in [0.2, 0.25) is 15.9 Å². The van der Waals surface area contributed by atoms with Crippen LogP contribution in [-0.2, 0) is 21.0 Å². The highest BCUT2D eigenvalue weighted by Gasteiger charge is 2.30. The van der Waals surface area contributed by atoms with E-state index in [9.17, 15) is 26.4 Å². The number of nitrogens with zero attached hydrogens (tertiary/aromatic N) is 1. The Labute approximate surface area is 157 Å². The van der Waals surface area contributed by atoms with Gasteiger partial charge in [-0.05, 0) is 48.5 Å². The van der Waals surface area contributed by atoms with Crippen molar-refractivity contribution < 1.29 is 26.4 Å². The fourth-order valence-corrected chi connectivity index (χ4v) is 3.41. The number of nitrogens with one attached hydrogen (secondary N) is 1. The number of hydrogen-bond donors (Lipinski definition) is 1. The van der Waals surface area contributed by atoms with Crippen molar-refractivity contribution in [2.45, 2.75) is 11.1 Å². The molecule has 0 saturated heterocycles. The Bertz CT molecular complexity index is 882. The molecule has 140 valence electrons. The average Bonchev–Trinajstić information content (AvgIpc) is 2.54. The second-order valence-corrected chi connectivity index (χ2v) is 8.30. The maximum absolute atomic E-state index is 12.5. The molecule has 0 heterocycles. The first kappa shape index (κ1) is 20.4. The van der Waals surface area contributed by atoms with E-state index in [1.807, 2.05) is 0 Å². The molecule has 1 amide bonds. The number of carbonyl (C=O) groups excluding carboxylic acids is 1. The van der Waals surface area contributed by atoms with Gasteiger partial charge in [0, 0.05) is 17.2 Å². The predicted octanol–water partition coefficient (Wildman–Crippen LogP) is 3.73. The summed E-state index contributed by atoms with van der Waals surface area (Å²) < 4.78 is 63.9. The van der Waals surface area contributed by atoms with E-state index in [0.29, 0.717) is 4.47 Å². The third-order valence-corrected chi connectivity index (χ3v) is 5.73. The van der Waals surface area contributed by atoms with Crippen molar-refractivity contribution in [2.75, 3.05) is 18.9 Å². The van der Waals surface area contributed by atoms with Gasteiger partial charge in [0.05, 0.1) is 17.0 Å². The summed E-state index contributed by atoms with van der Waals surface area (Å²) in [6.07, 6.45) is -4.47. The summed E-state index contributed by atoms with van der Waals surface area (Å²) in [5.41, 5.74) is -0.706. The average molecular weight is 451 g/mol. The molecular formula is C16H14BrF3N2O3S. The van der Waals surface area contributed by atoms with Crippen molar-refractivity contribution in [1.82, 2.24) is 4.31 Å². The van der Waals surface area contributed by atoms with Crippen molar-refractivity contribution in [3.63, 3.8) is 0 Å². The maximum atomic E-state index is 12.5. The molecule has 26 heavy (non-hydrogen) atoms. The fourth-order valence-electron chi connectivity index (χ4n) is 2.02. The van der Waals surface area contributed by atoms with Gasteiger partial charge >= 0.3 is 6.18 Å². The first-order valence-corrected chi connectivity index (χ1v) is 9.42. The highest BCUT2D eigenvalue weighted by Crippen LogP contribution is 2.29. The van der Waals surface area contributed by atoms with Crippen LogP contribution in [0.2, 0.25) is 0 Å². The number of likely N-dealkylation sites (N-methyl/N-ethyl adjacent to an activating group) is 1. The first-order chi connectivity index (χ1) is 12.0. The minimum Gasteiger partial charge on any atom is -0.325 e. The quantitative estimate of drug-likeness (QED) is 0.754. The van der Waals surface area contributed by atoms with Crippen LogP contribution in [0.25, 0.3) is 0 Å². The summed E-state index contributed by atoms with van der Waals surface area (Å²) in [6.45, 7) is -0.487. The standard InChI is InChI=1S/C16H14BrF3N2O3S/c1-22(26(24,25)14-8-4-12(17)5-9-14)10-15(23)21-13-6-2-11(3-7-13)16(18,19)20/h2-9H,10H2,1H3,(H,21,23). The van der Waals surface area contributed by atoms with Crippen molar-refractivity contribution >= 4 is 37.5 Å². The number of carbonyl (C=O) groups is 1. The molecule has 0 saturated carbocycles. The van der Waals surface area contributed by atoms with Crippen LogP contribution >= 0.6 is 15.9 Å². The van der Waals surface area contributed by atoms with E-state index in [-0.39, 0.29) is 10.6 Å². The molecule has 0 spiro atoms. The van der Waals surface area contributed by atoms with E-state index in [1.54, 1.807) is 12.1 Å². The van der Waals surface area contributed by atoms with Crippen molar-refractivity contribution in [3.8, 4) is 0 Å². The van der Waals surface area contributed by atoms with E-state index in [1.165, 1.54) is 19.2 Å². The van der Waals surface area contributed by atoms with Crippen LogP contribution in [0.3, 0.4) is 0 Å². The lowest BCUT2D eigenvalue weighted by Crippen LogP contribution is -2.34. The summed E-state index contributed by atoms with van der Waals surface area (Å²) in [5.74, 6) is -0.673. The van der Waals surface area contributed by atoms with Crippen LogP contribution in [0, 0.1) is 0 Å². The molecule has 0 aromatic heterocycles. The van der Waals surface area contributed by atoms with Gasteiger partial charge in [-0.1, -0.05) is 15.9 Å². The number of anilines is 1. The second-order valence-electron chi connectivity index (χ2n) is 5.34. The van der Waals surface area contributed by atoms with Crippen LogP contribution in [0.15, 0.2) is 57.9 Å². The minimum absolute atomic E-state index is 0.0190. The molecule has 1 N–H and O–H groups in total. The lowest BCUT2D eigenvalue weighted by atomic mass is 10.2. The SMILES string of the molecule is CN(CC(=O)Nc1ccc(C(F)(F)F)cc1)S(=O)(=O)c1ccc(Br)cc1. The molecule has 2 rings (SSSR count). The van der Waals surface area contributed by atoms with Crippen LogP contribution in [-0.4, -0.2) is 32.2 Å². The Hall–Kier alpha value is -1.91. The molecule has 0 fully saturated rings. The Morgan fingerprint density at radius 1 is 1.08 bits per heavy atom. The number of hydrogen-bond acceptors (Lipinski definition) is 3. The van der Waals surface area contributed by atoms with Gasteiger partial charge in [0.25, 0.3) is 0 Å². The normalized spacial score (nSPS) is 12.2. The summed E-state index contributed by atoms with van der Waals surface area (Å²) in [6, 6.07) is 9.77. The number of alkyl halides is 3. The Morgan fingerprint density at radius 3 is 2.12 bits per heavy atom. The molecule has 0 bridgehead atoms. The molecule has 5 nitrogen and oxygen atoms in total. The van der Waals surface area contributed by atoms with Crippen LogP contribution in [0.5, 0.6) is 0 Å². The summed E-state index contributed by atoms with van der Waals surface area (Å²) in [5, 5.41) is 2.36. The fraction of sp³-hybridized carbons (Fsp3) is 0.188. The second kappa shape index (κ2) is 7.77. The van der Waals surface area contributed by atoms with E-state index in [2.05, 4.69) is 21.2 Å². The number of halogens is 4. The highest BCUT2D eigenvalue weighted by molar-refractivity contribution is 9.10. The molecule has 2 aromatic rings. The molecule has 0 aliphatic rings. The minimum atomic E-state index is -4.47. The van der Waals surface area contributed by atoms with Gasteiger partial charge in [0.1, 0.15) is 0 Å². The van der Waals surface area contributed by atoms with Gasteiger partial charge in [-0.15, -0.1) is 0 Å². The molecular weight excluding hydrogens is 437 g/mol. The van der Waals surface area contributed by atoms with Gasteiger partial charge in [-0.3, -0.25) is 4.79 Å². The van der Waals surface area contributed by atoms with Gasteiger partial charge < -0.3 is 5.32 Å². The Balaban J connectivity index is 2.03. The molecule has 0 atom stereocenters. The third kappa shape index (κ3) is 5.05. The lowest BCUT2D eigenvalue weighted by Gasteiger charge is -2.17. The summed E-state index contributed by atoms with van der Waals surface area (Å²) in [4.78, 5) is 12.0. The van der Waals surface area contributed by atoms with E-state index >= 15 is 0 Å². The maximum Gasteiger partial charge on any atom is 0.416 e. The number of rotatable bonds is 5. The van der Waals surface area contributed by atoms with Gasteiger partial charge in [-0.25, -0.2) is 8.42 Å². The summed E-state index contributed by atoms with van der Waals surface area (Å²) >= 11 is 3.20. The first-order valence-electron chi connectivity index (χ1n) is 7.19. The molecule has 0 aliphatic carbocycles. The largest absolute Gasteiger partial charge is 0.416 e. The predicted molar refractivity (Wildman–Crippen MR) is 94.0 cm³/mol. The van der Waals surface area contributed by atoms with E-state index < -0.39 is 34.2 Å². The zero-order valence-electron chi connectivity index (χ0n) is 13.4. The molecule has 0 unspecified atom stereocenters. The smallest absolute Gasteiger partial charge is 0.325 e. The Morgan fingerprint density at radius 2 is 1.62 bits per heavy atom. The third-order valence-electron chi connectivity index (χ3n) is 3.38. The lowest BCUT2D eigenvalue weighted by molar-refractivity contribution is -0.137. The monoisotopic (exact) mass is 450 g/mol. The topological polar surface area (TPSA) is 66.5 Å². The van der Waals surface area contributed by atoms with Crippen LogP contribution in [0.1, 0.15) is 5.56 Å². The van der Waals surface area contributed by atoms with Crippen molar-refractivity contribution in [3.05, 3.63) is 58.6 Å². The van der Waals surface area contributed by atoms with E-state index in [4.69, 9.17) is 0 Å². The summed E-state index contributed by atoms with van der Waals surface area (Å²) in [7, 11) is -2.63. The molecule has 10 heteroatoms. The number of sulfonamides is 1. The highest BCUT2D eigenvalue weighted by atomic mass is 79.9. The number of amides is 1. The molecule has 0 radical (unpaired) electrons. The Kier molecular flexibility index (Phi) is 6.09. The van der Waals surface area contributed by atoms with E-state index in [0.717, 1.165) is 28.6 Å². The van der Waals surface area contributed by atoms with Crippen LogP contribution in [0.4, 0.5) is 18.9 Å². The zero-order chi connectivity index (χ0) is 19.5. The molecule has 2 aromatic carbocycles. The molecule has 0 aliphatic heterocycles. The van der Waals surface area contributed by atoms with Gasteiger partial charge in [0.15, 0.2) is 0 Å². The van der Waals surface area contributed by atoms with Crippen LogP contribution < -0.4 is 5.32 Å². The zero-order valence-corrected chi connectivity index (χ0v) is 15.8. The van der Waals surface area contributed by atoms with Gasteiger partial charge in [-0.2, -0.15) is 17.5 Å².